The van der Waals surface area contributed by atoms with Gasteiger partial charge in [0.25, 0.3) is 0 Å². The number of aromatic nitrogens is 2. The minimum absolute atomic E-state index is 0.379. The van der Waals surface area contributed by atoms with Crippen LogP contribution in [0.25, 0.3) is 0 Å². The van der Waals surface area contributed by atoms with Crippen LogP contribution in [0, 0.1) is 0 Å². The average Bonchev–Trinajstić information content (AvgIpc) is 2.34. The normalized spacial score (nSPS) is 13.5. The van der Waals surface area contributed by atoms with Gasteiger partial charge in [-0.15, -0.1) is 11.7 Å². The second-order valence-corrected chi connectivity index (χ2v) is 3.71. The van der Waals surface area contributed by atoms with E-state index in [1.807, 2.05) is 19.3 Å². The van der Waals surface area contributed by atoms with Gasteiger partial charge >= 0.3 is 0 Å². The first-order chi connectivity index (χ1) is 4.74. The molecule has 2 nitrogen and oxygen atoms in total. The summed E-state index contributed by atoms with van der Waals surface area (Å²) in [7, 11) is 3.43. The molecule has 0 fully saturated rings. The van der Waals surface area contributed by atoms with Crippen LogP contribution in [0.5, 0.6) is 0 Å². The largest absolute Gasteiger partial charge is 0.276 e. The SMILES string of the molecule is CC(SS)c1ccn(C)n1. The summed E-state index contributed by atoms with van der Waals surface area (Å²) >= 11 is 4.10. The van der Waals surface area contributed by atoms with E-state index in [9.17, 15) is 0 Å². The Balaban J connectivity index is 2.74. The zero-order valence-electron chi connectivity index (χ0n) is 5.98. The molecule has 0 radical (unpaired) electrons. The molecule has 1 rings (SSSR count). The standard InChI is InChI=1S/C6H10N2S2/c1-5(10-9)6-3-4-8(2)7-6/h3-5,9H,1-2H3. The highest BCUT2D eigenvalue weighted by Gasteiger charge is 2.05. The van der Waals surface area contributed by atoms with Crippen molar-refractivity contribution in [3.63, 3.8) is 0 Å². The lowest BCUT2D eigenvalue weighted by atomic mass is 10.3. The number of rotatable bonds is 2. The molecule has 0 spiro atoms. The second kappa shape index (κ2) is 3.34. The summed E-state index contributed by atoms with van der Waals surface area (Å²) in [4.78, 5) is 0. The van der Waals surface area contributed by atoms with Crippen LogP contribution < -0.4 is 0 Å². The molecule has 0 N–H and O–H groups in total. The fourth-order valence-electron chi connectivity index (χ4n) is 0.704. The van der Waals surface area contributed by atoms with Crippen LogP contribution in [0.3, 0.4) is 0 Å². The third kappa shape index (κ3) is 1.70. The third-order valence-electron chi connectivity index (χ3n) is 1.31. The van der Waals surface area contributed by atoms with E-state index in [1.165, 1.54) is 10.8 Å². The van der Waals surface area contributed by atoms with Gasteiger partial charge in [0, 0.05) is 13.2 Å². The minimum atomic E-state index is 0.379. The van der Waals surface area contributed by atoms with Crippen LogP contribution in [-0.4, -0.2) is 9.78 Å². The molecule has 1 unspecified atom stereocenters. The summed E-state index contributed by atoms with van der Waals surface area (Å²) in [5.74, 6) is 0. The van der Waals surface area contributed by atoms with Crippen LogP contribution >= 0.6 is 22.5 Å². The van der Waals surface area contributed by atoms with E-state index >= 15 is 0 Å². The predicted molar refractivity (Wildman–Crippen MR) is 48.2 cm³/mol. The van der Waals surface area contributed by atoms with Gasteiger partial charge in [-0.1, -0.05) is 10.8 Å². The number of nitrogens with zero attached hydrogens (tertiary/aromatic N) is 2. The topological polar surface area (TPSA) is 17.8 Å². The van der Waals surface area contributed by atoms with Gasteiger partial charge in [-0.05, 0) is 13.0 Å². The van der Waals surface area contributed by atoms with Crippen molar-refractivity contribution in [2.45, 2.75) is 12.2 Å². The first-order valence-electron chi connectivity index (χ1n) is 3.04. The van der Waals surface area contributed by atoms with E-state index in [0.29, 0.717) is 5.25 Å². The first-order valence-corrected chi connectivity index (χ1v) is 4.97. The predicted octanol–water partition coefficient (Wildman–Crippen LogP) is 2.06. The fraction of sp³-hybridized carbons (Fsp3) is 0.500. The Labute approximate surface area is 69.8 Å². The molecular formula is C6H10N2S2. The van der Waals surface area contributed by atoms with Crippen LogP contribution in [0.15, 0.2) is 12.3 Å². The summed E-state index contributed by atoms with van der Waals surface area (Å²) in [6.45, 7) is 2.08. The van der Waals surface area contributed by atoms with Gasteiger partial charge in [-0.3, -0.25) is 4.68 Å². The molecule has 0 saturated heterocycles. The number of hydrogen-bond acceptors (Lipinski definition) is 3. The summed E-state index contributed by atoms with van der Waals surface area (Å²) in [5, 5.41) is 4.61. The van der Waals surface area contributed by atoms with Crippen LogP contribution in [0.2, 0.25) is 0 Å². The van der Waals surface area contributed by atoms with Crippen LogP contribution in [0.1, 0.15) is 17.9 Å². The average molecular weight is 174 g/mol. The molecule has 1 aromatic rings. The molecule has 0 aliphatic heterocycles. The Bertz CT molecular complexity index is 209. The highest BCUT2D eigenvalue weighted by atomic mass is 33.1. The molecule has 10 heavy (non-hydrogen) atoms. The Kier molecular flexibility index (Phi) is 2.68. The Morgan fingerprint density at radius 2 is 2.50 bits per heavy atom. The van der Waals surface area contributed by atoms with E-state index in [0.717, 1.165) is 5.69 Å². The van der Waals surface area contributed by atoms with Gasteiger partial charge < -0.3 is 0 Å². The van der Waals surface area contributed by atoms with E-state index in [4.69, 9.17) is 0 Å². The highest BCUT2D eigenvalue weighted by Crippen LogP contribution is 2.28. The summed E-state index contributed by atoms with van der Waals surface area (Å²) < 4.78 is 1.80. The highest BCUT2D eigenvalue weighted by molar-refractivity contribution is 8.68. The van der Waals surface area contributed by atoms with Crippen molar-refractivity contribution >= 4 is 22.5 Å². The van der Waals surface area contributed by atoms with Crippen molar-refractivity contribution in [2.24, 2.45) is 7.05 Å². The maximum absolute atomic E-state index is 4.23. The van der Waals surface area contributed by atoms with E-state index < -0.39 is 0 Å². The Morgan fingerprint density at radius 3 is 2.90 bits per heavy atom. The lowest BCUT2D eigenvalue weighted by molar-refractivity contribution is 0.744. The van der Waals surface area contributed by atoms with Gasteiger partial charge in [-0.2, -0.15) is 5.10 Å². The lowest BCUT2D eigenvalue weighted by Gasteiger charge is -2.00. The minimum Gasteiger partial charge on any atom is -0.276 e. The van der Waals surface area contributed by atoms with Gasteiger partial charge in [0.2, 0.25) is 0 Å². The molecule has 56 valence electrons. The van der Waals surface area contributed by atoms with Gasteiger partial charge in [0.15, 0.2) is 0 Å². The van der Waals surface area contributed by atoms with E-state index in [2.05, 4.69) is 23.7 Å². The molecule has 1 atom stereocenters. The van der Waals surface area contributed by atoms with Crippen molar-refractivity contribution in [1.29, 1.82) is 0 Å². The molecule has 1 aromatic heterocycles. The van der Waals surface area contributed by atoms with Crippen LogP contribution in [0.4, 0.5) is 0 Å². The van der Waals surface area contributed by atoms with Crippen molar-refractivity contribution in [3.8, 4) is 0 Å². The summed E-state index contributed by atoms with van der Waals surface area (Å²) in [6.07, 6.45) is 1.94. The van der Waals surface area contributed by atoms with Crippen molar-refractivity contribution < 1.29 is 0 Å². The molecule has 0 bridgehead atoms. The van der Waals surface area contributed by atoms with Crippen molar-refractivity contribution in [2.75, 3.05) is 0 Å². The molecule has 0 aromatic carbocycles. The summed E-state index contributed by atoms with van der Waals surface area (Å²) in [6, 6.07) is 2.01. The Morgan fingerprint density at radius 1 is 1.80 bits per heavy atom. The quantitative estimate of drug-likeness (QED) is 0.546. The molecule has 0 aliphatic carbocycles. The van der Waals surface area contributed by atoms with Crippen molar-refractivity contribution in [1.82, 2.24) is 9.78 Å². The molecular weight excluding hydrogens is 164 g/mol. The third-order valence-corrected chi connectivity index (χ3v) is 2.82. The zero-order chi connectivity index (χ0) is 7.56. The molecule has 1 heterocycles. The Hall–Kier alpha value is -0.0900. The molecule has 0 aliphatic rings. The zero-order valence-corrected chi connectivity index (χ0v) is 7.69. The van der Waals surface area contributed by atoms with Crippen molar-refractivity contribution in [3.05, 3.63) is 18.0 Å². The van der Waals surface area contributed by atoms with E-state index in [1.54, 1.807) is 4.68 Å². The number of aryl methyl sites for hydroxylation is 1. The number of thiol groups is 1. The smallest absolute Gasteiger partial charge is 0.0760 e. The monoisotopic (exact) mass is 174 g/mol. The number of hydrogen-bond donors (Lipinski definition) is 1. The second-order valence-electron chi connectivity index (χ2n) is 2.16. The first kappa shape index (κ1) is 8.01. The van der Waals surface area contributed by atoms with Gasteiger partial charge in [-0.25, -0.2) is 0 Å². The molecule has 0 amide bonds. The van der Waals surface area contributed by atoms with E-state index in [-0.39, 0.29) is 0 Å². The lowest BCUT2D eigenvalue weighted by Crippen LogP contribution is -1.91. The maximum atomic E-state index is 4.23. The van der Waals surface area contributed by atoms with Gasteiger partial charge in [0.1, 0.15) is 0 Å². The van der Waals surface area contributed by atoms with Crippen LogP contribution in [-0.2, 0) is 7.05 Å². The molecule has 0 saturated carbocycles. The fourth-order valence-corrected chi connectivity index (χ4v) is 1.26. The maximum Gasteiger partial charge on any atom is 0.0760 e. The summed E-state index contributed by atoms with van der Waals surface area (Å²) in [5.41, 5.74) is 1.09. The van der Waals surface area contributed by atoms with Gasteiger partial charge in [0.05, 0.1) is 10.9 Å². The molecule has 4 heteroatoms.